The maximum absolute atomic E-state index is 12.1. The molecule has 0 bridgehead atoms. The summed E-state index contributed by atoms with van der Waals surface area (Å²) in [4.78, 5) is 12.1. The Morgan fingerprint density at radius 1 is 1.57 bits per heavy atom. The Bertz CT molecular complexity index is 480. The molecule has 0 fully saturated rings. The van der Waals surface area contributed by atoms with Crippen molar-refractivity contribution in [3.63, 3.8) is 0 Å². The van der Waals surface area contributed by atoms with E-state index in [2.05, 4.69) is 29.6 Å². The lowest BCUT2D eigenvalue weighted by Crippen LogP contribution is -2.45. The number of fused-ring (bicyclic) bond motifs is 1. The van der Waals surface area contributed by atoms with Crippen LogP contribution >= 0.6 is 0 Å². The molecule has 118 valence electrons. The summed E-state index contributed by atoms with van der Waals surface area (Å²) in [6.45, 7) is 6.09. The van der Waals surface area contributed by atoms with Crippen molar-refractivity contribution < 1.29 is 9.90 Å². The average molecular weight is 294 g/mol. The molecule has 21 heavy (non-hydrogen) atoms. The van der Waals surface area contributed by atoms with Crippen molar-refractivity contribution in [1.82, 2.24) is 20.4 Å². The standard InChI is InChI=1S/C15H26N4O2/c1-4-12(9-20)17-15(21)18-13-7-5-6-11-8-16-19(10(2)3)14(11)13/h8,10,12-13,20H,4-7,9H2,1-3H3,(H2,17,18,21)/t12-,13-/m0/s1. The topological polar surface area (TPSA) is 79.2 Å². The number of urea groups is 1. The van der Waals surface area contributed by atoms with Gasteiger partial charge in [-0.3, -0.25) is 4.68 Å². The second kappa shape index (κ2) is 6.93. The Hall–Kier alpha value is -1.56. The number of aromatic nitrogens is 2. The number of amides is 2. The summed E-state index contributed by atoms with van der Waals surface area (Å²) >= 11 is 0. The first-order chi connectivity index (χ1) is 10.1. The van der Waals surface area contributed by atoms with Gasteiger partial charge >= 0.3 is 6.03 Å². The molecule has 2 atom stereocenters. The SMILES string of the molecule is CC[C@@H](CO)NC(=O)N[C@H]1CCCc2cnn(C(C)C)c21. The lowest BCUT2D eigenvalue weighted by atomic mass is 9.93. The van der Waals surface area contributed by atoms with E-state index in [1.54, 1.807) is 0 Å². The minimum atomic E-state index is -0.217. The summed E-state index contributed by atoms with van der Waals surface area (Å²) in [5.41, 5.74) is 2.36. The average Bonchev–Trinajstić information content (AvgIpc) is 2.90. The van der Waals surface area contributed by atoms with Crippen LogP contribution in [0.1, 0.15) is 63.4 Å². The van der Waals surface area contributed by atoms with Crippen LogP contribution in [0.4, 0.5) is 4.79 Å². The second-order valence-corrected chi connectivity index (χ2v) is 5.94. The zero-order valence-corrected chi connectivity index (χ0v) is 13.1. The maximum atomic E-state index is 12.1. The second-order valence-electron chi connectivity index (χ2n) is 5.94. The molecule has 6 nitrogen and oxygen atoms in total. The largest absolute Gasteiger partial charge is 0.394 e. The Balaban J connectivity index is 2.09. The number of aliphatic hydroxyl groups is 1. The molecule has 0 aromatic carbocycles. The fourth-order valence-electron chi connectivity index (χ4n) is 2.83. The van der Waals surface area contributed by atoms with Crippen molar-refractivity contribution in [2.75, 3.05) is 6.61 Å². The molecule has 1 heterocycles. The van der Waals surface area contributed by atoms with E-state index in [1.807, 2.05) is 17.8 Å². The molecule has 0 unspecified atom stereocenters. The van der Waals surface area contributed by atoms with Crippen LogP contribution in [0.15, 0.2) is 6.20 Å². The van der Waals surface area contributed by atoms with Gasteiger partial charge in [-0.15, -0.1) is 0 Å². The lowest BCUT2D eigenvalue weighted by Gasteiger charge is -2.27. The monoisotopic (exact) mass is 294 g/mol. The normalized spacial score (nSPS) is 19.2. The van der Waals surface area contributed by atoms with E-state index in [0.29, 0.717) is 6.42 Å². The van der Waals surface area contributed by atoms with E-state index in [9.17, 15) is 4.79 Å². The molecule has 0 spiro atoms. The fraction of sp³-hybridized carbons (Fsp3) is 0.733. The quantitative estimate of drug-likeness (QED) is 0.776. The highest BCUT2D eigenvalue weighted by Gasteiger charge is 2.27. The highest BCUT2D eigenvalue weighted by molar-refractivity contribution is 5.74. The van der Waals surface area contributed by atoms with Crippen LogP contribution in [-0.2, 0) is 6.42 Å². The van der Waals surface area contributed by atoms with E-state index in [0.717, 1.165) is 25.0 Å². The number of hydrogen-bond acceptors (Lipinski definition) is 3. The van der Waals surface area contributed by atoms with Crippen molar-refractivity contribution in [2.45, 2.75) is 64.6 Å². The van der Waals surface area contributed by atoms with Gasteiger partial charge in [0.1, 0.15) is 0 Å². The van der Waals surface area contributed by atoms with Gasteiger partial charge < -0.3 is 15.7 Å². The van der Waals surface area contributed by atoms with Crippen molar-refractivity contribution in [2.24, 2.45) is 0 Å². The van der Waals surface area contributed by atoms with Gasteiger partial charge in [0.05, 0.1) is 30.6 Å². The molecule has 0 aliphatic heterocycles. The molecule has 3 N–H and O–H groups in total. The number of aliphatic hydroxyl groups excluding tert-OH is 1. The Labute approximate surface area is 125 Å². The Kier molecular flexibility index (Phi) is 5.22. The summed E-state index contributed by atoms with van der Waals surface area (Å²) in [6.07, 6.45) is 5.64. The summed E-state index contributed by atoms with van der Waals surface area (Å²) in [6, 6.07) is -0.136. The third-order valence-corrected chi connectivity index (χ3v) is 4.03. The number of carbonyl (C=O) groups is 1. The van der Waals surface area contributed by atoms with Gasteiger partial charge in [-0.25, -0.2) is 4.79 Å². The molecule has 1 aliphatic rings. The number of hydrogen-bond donors (Lipinski definition) is 3. The fourth-order valence-corrected chi connectivity index (χ4v) is 2.83. The van der Waals surface area contributed by atoms with Gasteiger partial charge in [0, 0.05) is 6.04 Å². The maximum Gasteiger partial charge on any atom is 0.315 e. The van der Waals surface area contributed by atoms with Crippen LogP contribution in [0, 0.1) is 0 Å². The van der Waals surface area contributed by atoms with Crippen molar-refractivity contribution in [3.8, 4) is 0 Å². The van der Waals surface area contributed by atoms with Gasteiger partial charge in [-0.2, -0.15) is 5.10 Å². The molecule has 1 aliphatic carbocycles. The highest BCUT2D eigenvalue weighted by Crippen LogP contribution is 2.31. The van der Waals surface area contributed by atoms with E-state index < -0.39 is 0 Å². The van der Waals surface area contributed by atoms with E-state index in [4.69, 9.17) is 5.11 Å². The van der Waals surface area contributed by atoms with Crippen LogP contribution < -0.4 is 10.6 Å². The van der Waals surface area contributed by atoms with Crippen LogP contribution in [0.5, 0.6) is 0 Å². The van der Waals surface area contributed by atoms with Crippen LogP contribution in [0.25, 0.3) is 0 Å². The zero-order chi connectivity index (χ0) is 15.4. The molecule has 0 saturated heterocycles. The molecule has 0 saturated carbocycles. The zero-order valence-electron chi connectivity index (χ0n) is 13.1. The number of nitrogens with one attached hydrogen (secondary N) is 2. The molecular formula is C15H26N4O2. The minimum Gasteiger partial charge on any atom is -0.394 e. The first-order valence-corrected chi connectivity index (χ1v) is 7.81. The van der Waals surface area contributed by atoms with Crippen molar-refractivity contribution >= 4 is 6.03 Å². The van der Waals surface area contributed by atoms with Crippen molar-refractivity contribution in [1.29, 1.82) is 0 Å². The molecule has 1 aromatic rings. The summed E-state index contributed by atoms with van der Waals surface area (Å²) in [7, 11) is 0. The third-order valence-electron chi connectivity index (χ3n) is 4.03. The number of nitrogens with zero attached hydrogens (tertiary/aromatic N) is 2. The first kappa shape index (κ1) is 15.8. The summed E-state index contributed by atoms with van der Waals surface area (Å²) in [5, 5.41) is 19.5. The van der Waals surface area contributed by atoms with Gasteiger partial charge in [0.25, 0.3) is 0 Å². The third kappa shape index (κ3) is 3.56. The van der Waals surface area contributed by atoms with Crippen LogP contribution in [0.3, 0.4) is 0 Å². The molecule has 6 heteroatoms. The molecule has 2 amide bonds. The van der Waals surface area contributed by atoms with Crippen LogP contribution in [0.2, 0.25) is 0 Å². The minimum absolute atomic E-state index is 0.00477. The van der Waals surface area contributed by atoms with E-state index in [-0.39, 0.29) is 30.8 Å². The van der Waals surface area contributed by atoms with Gasteiger partial charge in [-0.05, 0) is 45.1 Å². The summed E-state index contributed by atoms with van der Waals surface area (Å²) in [5.74, 6) is 0. The van der Waals surface area contributed by atoms with Crippen LogP contribution in [-0.4, -0.2) is 33.6 Å². The summed E-state index contributed by atoms with van der Waals surface area (Å²) < 4.78 is 2.00. The molecular weight excluding hydrogens is 268 g/mol. The first-order valence-electron chi connectivity index (χ1n) is 7.81. The molecule has 2 rings (SSSR count). The molecule has 0 radical (unpaired) electrons. The smallest absolute Gasteiger partial charge is 0.315 e. The van der Waals surface area contributed by atoms with E-state index >= 15 is 0 Å². The number of carbonyl (C=O) groups excluding carboxylic acids is 1. The highest BCUT2D eigenvalue weighted by atomic mass is 16.3. The van der Waals surface area contributed by atoms with Gasteiger partial charge in [-0.1, -0.05) is 6.92 Å². The van der Waals surface area contributed by atoms with Crippen molar-refractivity contribution in [3.05, 3.63) is 17.5 Å². The predicted molar refractivity (Wildman–Crippen MR) is 81.1 cm³/mol. The predicted octanol–water partition coefficient (Wildman–Crippen LogP) is 1.91. The lowest BCUT2D eigenvalue weighted by molar-refractivity contribution is 0.210. The Morgan fingerprint density at radius 3 is 2.95 bits per heavy atom. The van der Waals surface area contributed by atoms with E-state index in [1.165, 1.54) is 5.56 Å². The number of aryl methyl sites for hydroxylation is 1. The number of rotatable bonds is 5. The van der Waals surface area contributed by atoms with Gasteiger partial charge in [0.2, 0.25) is 0 Å². The molecule has 1 aromatic heterocycles. The Morgan fingerprint density at radius 2 is 2.33 bits per heavy atom. The van der Waals surface area contributed by atoms with Gasteiger partial charge in [0.15, 0.2) is 0 Å².